The number of rotatable bonds is 11. The molecule has 0 fully saturated rings. The van der Waals surface area contributed by atoms with E-state index >= 15 is 0 Å². The fraction of sp³-hybridized carbons (Fsp3) is 0.280. The van der Waals surface area contributed by atoms with Crippen LogP contribution in [0.25, 0.3) is 10.9 Å². The second-order valence-corrected chi connectivity index (χ2v) is 7.08. The number of hydrogen-bond acceptors (Lipinski definition) is 3. The number of aromatic nitrogens is 1. The fourth-order valence-corrected chi connectivity index (χ4v) is 3.18. The average Bonchev–Trinajstić information content (AvgIpc) is 2.77. The second-order valence-electron chi connectivity index (χ2n) is 7.08. The van der Waals surface area contributed by atoms with Crippen molar-refractivity contribution in [3.63, 3.8) is 0 Å². The van der Waals surface area contributed by atoms with Crippen LogP contribution >= 0.6 is 0 Å². The first-order valence-electron chi connectivity index (χ1n) is 10.2. The van der Waals surface area contributed by atoms with Crippen LogP contribution in [0.3, 0.4) is 0 Å². The lowest BCUT2D eigenvalue weighted by Crippen LogP contribution is -2.22. The summed E-state index contributed by atoms with van der Waals surface area (Å²) < 4.78 is 5.85. The van der Waals surface area contributed by atoms with Crippen molar-refractivity contribution in [3.05, 3.63) is 84.6 Å². The first-order chi connectivity index (χ1) is 14.3. The van der Waals surface area contributed by atoms with E-state index in [0.717, 1.165) is 41.7 Å². The molecule has 0 unspecified atom stereocenters. The summed E-state index contributed by atoms with van der Waals surface area (Å²) >= 11 is 0. The minimum absolute atomic E-state index is 0.0957. The maximum Gasteiger partial charge on any atom is 0.251 e. The molecule has 4 nitrogen and oxygen atoms in total. The highest BCUT2D eigenvalue weighted by molar-refractivity contribution is 5.97. The third-order valence-corrected chi connectivity index (χ3v) is 4.79. The SMILES string of the molecule is C=CCCCCCCOc1cccc(CNC(=O)c2ccc3ncccc3c2)c1. The van der Waals surface area contributed by atoms with Gasteiger partial charge in [0.2, 0.25) is 0 Å². The van der Waals surface area contributed by atoms with Gasteiger partial charge < -0.3 is 10.1 Å². The van der Waals surface area contributed by atoms with Gasteiger partial charge in [0.25, 0.3) is 5.91 Å². The van der Waals surface area contributed by atoms with Crippen LogP contribution in [0, 0.1) is 0 Å². The number of allylic oxidation sites excluding steroid dienone is 1. The number of nitrogens with zero attached hydrogens (tertiary/aromatic N) is 1. The van der Waals surface area contributed by atoms with E-state index in [1.165, 1.54) is 19.3 Å². The van der Waals surface area contributed by atoms with Crippen molar-refractivity contribution in [1.29, 1.82) is 0 Å². The van der Waals surface area contributed by atoms with E-state index in [1.807, 2.05) is 54.6 Å². The fourth-order valence-electron chi connectivity index (χ4n) is 3.18. The van der Waals surface area contributed by atoms with Crippen LogP contribution in [-0.4, -0.2) is 17.5 Å². The average molecular weight is 389 g/mol. The standard InChI is InChI=1S/C25H28N2O2/c1-2-3-4-5-6-7-16-29-23-12-8-10-20(17-23)19-27-25(28)22-13-14-24-21(18-22)11-9-15-26-24/h2,8-15,17-18H,1,3-7,16,19H2,(H,27,28). The summed E-state index contributed by atoms with van der Waals surface area (Å²) in [5, 5.41) is 3.94. The van der Waals surface area contributed by atoms with Gasteiger partial charge in [0.15, 0.2) is 0 Å². The minimum Gasteiger partial charge on any atom is -0.494 e. The van der Waals surface area contributed by atoms with Crippen molar-refractivity contribution < 1.29 is 9.53 Å². The van der Waals surface area contributed by atoms with E-state index in [1.54, 1.807) is 12.3 Å². The van der Waals surface area contributed by atoms with Crippen molar-refractivity contribution in [3.8, 4) is 5.75 Å². The van der Waals surface area contributed by atoms with E-state index in [-0.39, 0.29) is 5.91 Å². The summed E-state index contributed by atoms with van der Waals surface area (Å²) in [5.41, 5.74) is 2.54. The lowest BCUT2D eigenvalue weighted by Gasteiger charge is -2.09. The van der Waals surface area contributed by atoms with Crippen LogP contribution in [-0.2, 0) is 6.54 Å². The number of hydrogen-bond donors (Lipinski definition) is 1. The van der Waals surface area contributed by atoms with E-state index in [4.69, 9.17) is 4.74 Å². The Morgan fingerprint density at radius 2 is 1.93 bits per heavy atom. The smallest absolute Gasteiger partial charge is 0.251 e. The molecule has 2 aromatic carbocycles. The van der Waals surface area contributed by atoms with Crippen LogP contribution in [0.2, 0.25) is 0 Å². The Balaban J connectivity index is 1.46. The summed E-state index contributed by atoms with van der Waals surface area (Å²) in [6.07, 6.45) is 9.45. The summed E-state index contributed by atoms with van der Waals surface area (Å²) in [6.45, 7) is 4.92. The predicted molar refractivity (Wildman–Crippen MR) is 118 cm³/mol. The van der Waals surface area contributed by atoms with Gasteiger partial charge >= 0.3 is 0 Å². The van der Waals surface area contributed by atoms with E-state index in [9.17, 15) is 4.79 Å². The molecule has 0 spiro atoms. The molecule has 0 atom stereocenters. The van der Waals surface area contributed by atoms with Crippen molar-refractivity contribution in [1.82, 2.24) is 10.3 Å². The van der Waals surface area contributed by atoms with Gasteiger partial charge in [-0.3, -0.25) is 9.78 Å². The van der Waals surface area contributed by atoms with E-state index < -0.39 is 0 Å². The molecule has 0 aliphatic heterocycles. The molecular formula is C25H28N2O2. The van der Waals surface area contributed by atoms with Crippen molar-refractivity contribution in [2.75, 3.05) is 6.61 Å². The maximum atomic E-state index is 12.5. The molecule has 1 aromatic heterocycles. The second kappa shape index (κ2) is 11.0. The summed E-state index contributed by atoms with van der Waals surface area (Å²) in [5.74, 6) is 0.751. The first kappa shape index (κ1) is 20.6. The van der Waals surface area contributed by atoms with E-state index in [0.29, 0.717) is 12.1 Å². The third-order valence-electron chi connectivity index (χ3n) is 4.79. The molecule has 0 aliphatic carbocycles. The number of ether oxygens (including phenoxy) is 1. The minimum atomic E-state index is -0.0957. The van der Waals surface area contributed by atoms with Gasteiger partial charge in [0, 0.05) is 23.7 Å². The molecule has 3 aromatic rings. The van der Waals surface area contributed by atoms with Crippen molar-refractivity contribution >= 4 is 16.8 Å². The van der Waals surface area contributed by atoms with Gasteiger partial charge in [-0.15, -0.1) is 6.58 Å². The molecule has 0 radical (unpaired) electrons. The Hall–Kier alpha value is -3.14. The molecular weight excluding hydrogens is 360 g/mol. The molecule has 0 saturated carbocycles. The number of carbonyl (C=O) groups excluding carboxylic acids is 1. The molecule has 1 heterocycles. The van der Waals surface area contributed by atoms with Gasteiger partial charge in [-0.05, 0) is 61.2 Å². The highest BCUT2D eigenvalue weighted by atomic mass is 16.5. The van der Waals surface area contributed by atoms with Gasteiger partial charge in [0.1, 0.15) is 5.75 Å². The van der Waals surface area contributed by atoms with Crippen LogP contribution in [0.15, 0.2) is 73.4 Å². The monoisotopic (exact) mass is 388 g/mol. The molecule has 1 amide bonds. The third kappa shape index (κ3) is 6.46. The molecule has 3 rings (SSSR count). The van der Waals surface area contributed by atoms with Gasteiger partial charge in [0.05, 0.1) is 12.1 Å². The number of carbonyl (C=O) groups is 1. The summed E-state index contributed by atoms with van der Waals surface area (Å²) in [7, 11) is 0. The quantitative estimate of drug-likeness (QED) is 0.340. The van der Waals surface area contributed by atoms with Crippen molar-refractivity contribution in [2.45, 2.75) is 38.6 Å². The Morgan fingerprint density at radius 1 is 1.03 bits per heavy atom. The predicted octanol–water partition coefficient (Wildman–Crippen LogP) is 5.68. The number of benzene rings is 2. The van der Waals surface area contributed by atoms with Crippen molar-refractivity contribution in [2.24, 2.45) is 0 Å². The molecule has 4 heteroatoms. The number of pyridine rings is 1. The normalized spacial score (nSPS) is 10.6. The molecule has 29 heavy (non-hydrogen) atoms. The Kier molecular flexibility index (Phi) is 7.81. The zero-order chi connectivity index (χ0) is 20.3. The summed E-state index contributed by atoms with van der Waals surface area (Å²) in [4.78, 5) is 16.8. The lowest BCUT2D eigenvalue weighted by atomic mass is 10.1. The molecule has 1 N–H and O–H groups in total. The van der Waals surface area contributed by atoms with Crippen LogP contribution < -0.4 is 10.1 Å². The molecule has 0 saturated heterocycles. The number of unbranched alkanes of at least 4 members (excludes halogenated alkanes) is 4. The topological polar surface area (TPSA) is 51.2 Å². The van der Waals surface area contributed by atoms with Gasteiger partial charge in [-0.1, -0.05) is 37.1 Å². The highest BCUT2D eigenvalue weighted by Crippen LogP contribution is 2.16. The zero-order valence-electron chi connectivity index (χ0n) is 16.8. The Labute approximate surface area is 172 Å². The number of nitrogens with one attached hydrogen (secondary N) is 1. The van der Waals surface area contributed by atoms with E-state index in [2.05, 4.69) is 16.9 Å². The zero-order valence-corrected chi connectivity index (χ0v) is 16.8. The molecule has 150 valence electrons. The van der Waals surface area contributed by atoms with Crippen LogP contribution in [0.4, 0.5) is 0 Å². The van der Waals surface area contributed by atoms with Crippen LogP contribution in [0.5, 0.6) is 5.75 Å². The highest BCUT2D eigenvalue weighted by Gasteiger charge is 2.07. The first-order valence-corrected chi connectivity index (χ1v) is 10.2. The molecule has 0 aliphatic rings. The molecule has 0 bridgehead atoms. The summed E-state index contributed by atoms with van der Waals surface area (Å²) in [6, 6.07) is 17.3. The Morgan fingerprint density at radius 3 is 2.83 bits per heavy atom. The van der Waals surface area contributed by atoms with Gasteiger partial charge in [-0.25, -0.2) is 0 Å². The number of fused-ring (bicyclic) bond motifs is 1. The maximum absolute atomic E-state index is 12.5. The number of amides is 1. The van der Waals surface area contributed by atoms with Crippen LogP contribution in [0.1, 0.15) is 48.0 Å². The lowest BCUT2D eigenvalue weighted by molar-refractivity contribution is 0.0951. The largest absolute Gasteiger partial charge is 0.494 e. The Bertz CT molecular complexity index is 952. The van der Waals surface area contributed by atoms with Gasteiger partial charge in [-0.2, -0.15) is 0 Å².